The van der Waals surface area contributed by atoms with Crippen LogP contribution in [-0.4, -0.2) is 59.0 Å². The summed E-state index contributed by atoms with van der Waals surface area (Å²) in [6, 6.07) is 0.584. The maximum absolute atomic E-state index is 10.6. The number of rotatable bonds is 0. The first kappa shape index (κ1) is 15.5. The fraction of sp³-hybridized carbons (Fsp3) is 0.800. The van der Waals surface area contributed by atoms with Gasteiger partial charge in [0.2, 0.25) is 0 Å². The van der Waals surface area contributed by atoms with Gasteiger partial charge in [0, 0.05) is 19.1 Å². The lowest BCUT2D eigenvalue weighted by Gasteiger charge is -2.32. The second-order valence-corrected chi connectivity index (χ2v) is 4.43. The third-order valence-corrected chi connectivity index (χ3v) is 3.17. The van der Waals surface area contributed by atoms with E-state index in [2.05, 4.69) is 5.32 Å². The van der Waals surface area contributed by atoms with Crippen LogP contribution < -0.4 is 5.32 Å². The van der Waals surface area contributed by atoms with E-state index in [9.17, 15) is 18.0 Å². The van der Waals surface area contributed by atoms with Gasteiger partial charge in [0.15, 0.2) is 0 Å². The van der Waals surface area contributed by atoms with Crippen LogP contribution in [0.1, 0.15) is 12.8 Å². The quantitative estimate of drug-likeness (QED) is 0.617. The van der Waals surface area contributed by atoms with E-state index in [0.29, 0.717) is 18.5 Å². The minimum atomic E-state index is -5.08. The van der Waals surface area contributed by atoms with Gasteiger partial charge in [-0.2, -0.15) is 13.2 Å². The molecule has 0 radical (unpaired) electrons. The Morgan fingerprint density at radius 1 is 1.21 bits per heavy atom. The van der Waals surface area contributed by atoms with Gasteiger partial charge >= 0.3 is 18.2 Å². The average molecular weight is 284 g/mol. The van der Waals surface area contributed by atoms with Crippen LogP contribution in [0.5, 0.6) is 0 Å². The van der Waals surface area contributed by atoms with Crippen molar-refractivity contribution in [2.45, 2.75) is 25.1 Å². The van der Waals surface area contributed by atoms with Gasteiger partial charge in [-0.1, -0.05) is 0 Å². The van der Waals surface area contributed by atoms with E-state index in [1.165, 1.54) is 4.90 Å². The van der Waals surface area contributed by atoms with Crippen molar-refractivity contribution in [3.05, 3.63) is 0 Å². The molecular weight excluding hydrogens is 269 g/mol. The highest BCUT2D eigenvalue weighted by Gasteiger charge is 2.38. The number of nitrogens with one attached hydrogen (secondary N) is 1. The number of carbonyl (C=O) groups is 2. The van der Waals surface area contributed by atoms with Crippen LogP contribution >= 0.6 is 0 Å². The summed E-state index contributed by atoms with van der Waals surface area (Å²) < 4.78 is 31.7. The number of alkyl halides is 3. The van der Waals surface area contributed by atoms with Crippen LogP contribution in [0.4, 0.5) is 18.0 Å². The van der Waals surface area contributed by atoms with Crippen molar-refractivity contribution in [1.82, 2.24) is 10.2 Å². The molecule has 6 nitrogen and oxygen atoms in total. The van der Waals surface area contributed by atoms with Crippen molar-refractivity contribution in [3.63, 3.8) is 0 Å². The van der Waals surface area contributed by atoms with E-state index < -0.39 is 18.2 Å². The Bertz CT molecular complexity index is 348. The first-order valence-electron chi connectivity index (χ1n) is 5.73. The lowest BCUT2D eigenvalue weighted by Crippen LogP contribution is -2.46. The van der Waals surface area contributed by atoms with Gasteiger partial charge < -0.3 is 20.4 Å². The van der Waals surface area contributed by atoms with E-state index in [-0.39, 0.29) is 0 Å². The fourth-order valence-corrected chi connectivity index (χ4v) is 2.22. The molecule has 3 N–H and O–H groups in total. The average Bonchev–Trinajstić information content (AvgIpc) is 2.74. The van der Waals surface area contributed by atoms with Crippen molar-refractivity contribution < 1.29 is 33.0 Å². The summed E-state index contributed by atoms with van der Waals surface area (Å²) in [6.07, 6.45) is -3.73. The first-order chi connectivity index (χ1) is 8.71. The smallest absolute Gasteiger partial charge is 0.475 e. The molecule has 0 aliphatic carbocycles. The summed E-state index contributed by atoms with van der Waals surface area (Å²) in [5, 5.41) is 19.3. The Hall–Kier alpha value is -1.51. The number of hydrogen-bond donors (Lipinski definition) is 3. The zero-order valence-corrected chi connectivity index (χ0v) is 9.98. The lowest BCUT2D eigenvalue weighted by atomic mass is 9.94. The highest BCUT2D eigenvalue weighted by atomic mass is 19.4. The van der Waals surface area contributed by atoms with E-state index in [1.807, 2.05) is 0 Å². The zero-order chi connectivity index (χ0) is 14.6. The van der Waals surface area contributed by atoms with Crippen molar-refractivity contribution in [1.29, 1.82) is 0 Å². The molecule has 2 aliphatic rings. The Morgan fingerprint density at radius 2 is 1.79 bits per heavy atom. The standard InChI is InChI=1S/C8H14N2O2.C2HF3O2/c11-8(12)10-4-2-7-6(5-10)1-3-9-7;3-2(4,5)1(6)7/h6-7,9H,1-5H2,(H,11,12);(H,6,7)/t6-,7+;/m1./s1. The third-order valence-electron chi connectivity index (χ3n) is 3.17. The predicted molar refractivity (Wildman–Crippen MR) is 57.8 cm³/mol. The molecule has 2 fully saturated rings. The highest BCUT2D eigenvalue weighted by molar-refractivity contribution is 5.73. The molecule has 0 bridgehead atoms. The summed E-state index contributed by atoms with van der Waals surface area (Å²) in [7, 11) is 0. The largest absolute Gasteiger partial charge is 0.490 e. The van der Waals surface area contributed by atoms with Crippen molar-refractivity contribution in [2.24, 2.45) is 5.92 Å². The van der Waals surface area contributed by atoms with E-state index in [4.69, 9.17) is 15.0 Å². The number of piperidine rings is 1. The molecule has 0 saturated carbocycles. The Balaban J connectivity index is 0.000000224. The van der Waals surface area contributed by atoms with Gasteiger partial charge in [0.25, 0.3) is 0 Å². The topological polar surface area (TPSA) is 89.9 Å². The molecule has 2 heterocycles. The number of aliphatic carboxylic acids is 1. The fourth-order valence-electron chi connectivity index (χ4n) is 2.22. The number of fused-ring (bicyclic) bond motifs is 1. The number of likely N-dealkylation sites (tertiary alicyclic amines) is 1. The molecule has 0 unspecified atom stereocenters. The Labute approximate surface area is 107 Å². The summed E-state index contributed by atoms with van der Waals surface area (Å²) in [6.45, 7) is 2.49. The normalized spacial score (nSPS) is 26.2. The highest BCUT2D eigenvalue weighted by Crippen LogP contribution is 2.24. The van der Waals surface area contributed by atoms with Crippen molar-refractivity contribution in [2.75, 3.05) is 19.6 Å². The third kappa shape index (κ3) is 4.58. The number of carboxylic acids is 1. The van der Waals surface area contributed by atoms with Crippen molar-refractivity contribution >= 4 is 12.1 Å². The number of carboxylic acid groups (broad SMARTS) is 2. The predicted octanol–water partition coefficient (Wildman–Crippen LogP) is 0.982. The molecule has 0 aromatic carbocycles. The van der Waals surface area contributed by atoms with Gasteiger partial charge in [-0.3, -0.25) is 0 Å². The van der Waals surface area contributed by atoms with Gasteiger partial charge in [0.1, 0.15) is 0 Å². The minimum Gasteiger partial charge on any atom is -0.475 e. The van der Waals surface area contributed by atoms with Crippen LogP contribution in [0.15, 0.2) is 0 Å². The van der Waals surface area contributed by atoms with Gasteiger partial charge in [-0.15, -0.1) is 0 Å². The van der Waals surface area contributed by atoms with Crippen LogP contribution in [-0.2, 0) is 4.79 Å². The van der Waals surface area contributed by atoms with Crippen LogP contribution in [0.3, 0.4) is 0 Å². The molecule has 0 spiro atoms. The number of hydrogen-bond acceptors (Lipinski definition) is 3. The Morgan fingerprint density at radius 3 is 2.26 bits per heavy atom. The van der Waals surface area contributed by atoms with E-state index >= 15 is 0 Å². The second-order valence-electron chi connectivity index (χ2n) is 4.43. The minimum absolute atomic E-state index is 0.565. The Kier molecular flexibility index (Phi) is 4.98. The molecule has 2 saturated heterocycles. The van der Waals surface area contributed by atoms with Crippen LogP contribution in [0, 0.1) is 5.92 Å². The van der Waals surface area contributed by atoms with Crippen LogP contribution in [0.25, 0.3) is 0 Å². The van der Waals surface area contributed by atoms with Gasteiger partial charge in [-0.05, 0) is 25.3 Å². The molecule has 19 heavy (non-hydrogen) atoms. The number of halogens is 3. The van der Waals surface area contributed by atoms with E-state index in [1.54, 1.807) is 0 Å². The maximum Gasteiger partial charge on any atom is 0.490 e. The summed E-state index contributed by atoms with van der Waals surface area (Å²) >= 11 is 0. The summed E-state index contributed by atoms with van der Waals surface area (Å²) in [5.74, 6) is -2.19. The lowest BCUT2D eigenvalue weighted by molar-refractivity contribution is -0.192. The van der Waals surface area contributed by atoms with Crippen molar-refractivity contribution in [3.8, 4) is 0 Å². The van der Waals surface area contributed by atoms with E-state index in [0.717, 1.165) is 25.9 Å². The second kappa shape index (κ2) is 6.09. The first-order valence-corrected chi connectivity index (χ1v) is 5.73. The van der Waals surface area contributed by atoms with Crippen LogP contribution in [0.2, 0.25) is 0 Å². The zero-order valence-electron chi connectivity index (χ0n) is 9.98. The number of nitrogens with zero attached hydrogens (tertiary/aromatic N) is 1. The molecule has 1 amide bonds. The monoisotopic (exact) mass is 284 g/mol. The van der Waals surface area contributed by atoms with Gasteiger partial charge in [0.05, 0.1) is 0 Å². The molecule has 2 aliphatic heterocycles. The number of amides is 1. The molecule has 110 valence electrons. The summed E-state index contributed by atoms with van der Waals surface area (Å²) in [4.78, 5) is 21.1. The SMILES string of the molecule is O=C(O)C(F)(F)F.O=C(O)N1CC[C@@H]2NCC[C@@H]2C1. The molecule has 0 aromatic rings. The molecule has 2 rings (SSSR count). The molecular formula is C10H15F3N2O4. The summed E-state index contributed by atoms with van der Waals surface area (Å²) in [5.41, 5.74) is 0. The maximum atomic E-state index is 10.6. The molecule has 0 aromatic heterocycles. The molecule has 2 atom stereocenters. The van der Waals surface area contributed by atoms with Gasteiger partial charge in [-0.25, -0.2) is 9.59 Å². The molecule has 9 heteroatoms.